The minimum Gasteiger partial charge on any atom is -0.415 e. The van der Waals surface area contributed by atoms with Gasteiger partial charge in [-0.3, -0.25) is 9.59 Å². The van der Waals surface area contributed by atoms with Crippen LogP contribution in [0.4, 0.5) is 39.5 Å². The molecule has 2 atom stereocenters. The van der Waals surface area contributed by atoms with Gasteiger partial charge in [0.05, 0.1) is 6.04 Å². The Kier molecular flexibility index (Phi) is 6.19. The molecule has 2 aromatic rings. The summed E-state index contributed by atoms with van der Waals surface area (Å²) in [6.45, 7) is -0.316. The van der Waals surface area contributed by atoms with Gasteiger partial charge in [-0.15, -0.1) is 10.2 Å². The van der Waals surface area contributed by atoms with Crippen LogP contribution in [0, 0.1) is 0 Å². The van der Waals surface area contributed by atoms with E-state index in [-0.39, 0.29) is 42.0 Å². The molecule has 1 N–H and O–H groups in total. The summed E-state index contributed by atoms with van der Waals surface area (Å²) in [5.41, 5.74) is 0.243. The highest BCUT2D eigenvalue weighted by atomic mass is 19.4. The summed E-state index contributed by atoms with van der Waals surface area (Å²) >= 11 is 0. The van der Waals surface area contributed by atoms with Gasteiger partial charge >= 0.3 is 24.4 Å². The van der Waals surface area contributed by atoms with Crippen molar-refractivity contribution in [3.05, 3.63) is 35.2 Å². The number of carbonyl (C=O) groups excluding carboxylic acids is 2. The molecule has 1 saturated carbocycles. The Morgan fingerprint density at radius 2 is 1.86 bits per heavy atom. The lowest BCUT2D eigenvalue weighted by Gasteiger charge is -2.42. The highest BCUT2D eigenvalue weighted by Gasteiger charge is 2.65. The zero-order valence-corrected chi connectivity index (χ0v) is 17.8. The lowest BCUT2D eigenvalue weighted by molar-refractivity contribution is -0.271. The molecule has 36 heavy (non-hydrogen) atoms. The molecular weight excluding hydrogens is 515 g/mol. The number of rotatable bonds is 5. The van der Waals surface area contributed by atoms with E-state index in [0.717, 1.165) is 10.2 Å². The fourth-order valence-corrected chi connectivity index (χ4v) is 4.21. The summed E-state index contributed by atoms with van der Waals surface area (Å²) in [6.07, 6.45) is -10.7. The smallest absolute Gasteiger partial charge is 0.415 e. The first-order valence-corrected chi connectivity index (χ1v) is 10.3. The van der Waals surface area contributed by atoms with Crippen LogP contribution in [-0.4, -0.2) is 57.0 Å². The van der Waals surface area contributed by atoms with Crippen molar-refractivity contribution in [1.29, 1.82) is 0 Å². The van der Waals surface area contributed by atoms with E-state index in [1.54, 1.807) is 0 Å². The Labute approximate surface area is 195 Å². The third-order valence-electron chi connectivity index (χ3n) is 5.99. The third kappa shape index (κ3) is 4.36. The zero-order chi connectivity index (χ0) is 26.6. The number of benzene rings is 1. The standard InChI is InChI=1S/C20H15F9N4O3/c21-13(22)15-32-31-14(36-15)8-3-4-9-7-33(16(34)10(9)6-8)11-2-1-5-18(23,24)12(11)30-17(35)19(25,26)20(27,28)29/h3-4,6,11-13H,1-2,5,7H2,(H,30,35)/t11-,12-/m1/s1. The van der Waals surface area contributed by atoms with Crippen molar-refractivity contribution < 1.29 is 53.5 Å². The second kappa shape index (κ2) is 8.65. The van der Waals surface area contributed by atoms with Gasteiger partial charge in [0.25, 0.3) is 17.7 Å². The van der Waals surface area contributed by atoms with E-state index in [2.05, 4.69) is 10.2 Å². The average Bonchev–Trinajstić information content (AvgIpc) is 3.39. The fourth-order valence-electron chi connectivity index (χ4n) is 4.21. The predicted octanol–water partition coefficient (Wildman–Crippen LogP) is 4.50. The largest absolute Gasteiger partial charge is 0.463 e. The van der Waals surface area contributed by atoms with Crippen LogP contribution in [0.25, 0.3) is 11.5 Å². The second-order valence-corrected chi connectivity index (χ2v) is 8.30. The summed E-state index contributed by atoms with van der Waals surface area (Å²) in [7, 11) is 0. The number of hydrogen-bond acceptors (Lipinski definition) is 5. The zero-order valence-electron chi connectivity index (χ0n) is 17.8. The summed E-state index contributed by atoms with van der Waals surface area (Å²) in [5.74, 6) is -15.0. The van der Waals surface area contributed by atoms with E-state index in [1.165, 1.54) is 18.2 Å². The topological polar surface area (TPSA) is 88.3 Å². The molecule has 1 aromatic heterocycles. The van der Waals surface area contributed by atoms with Crippen molar-refractivity contribution in [1.82, 2.24) is 20.4 Å². The van der Waals surface area contributed by atoms with Crippen LogP contribution in [0.2, 0.25) is 0 Å². The molecule has 1 aromatic carbocycles. The Morgan fingerprint density at radius 3 is 2.47 bits per heavy atom. The number of halogens is 9. The van der Waals surface area contributed by atoms with Crippen molar-refractivity contribution in [2.45, 2.75) is 62.3 Å². The third-order valence-corrected chi connectivity index (χ3v) is 5.99. The molecule has 7 nitrogen and oxygen atoms in total. The number of carbonyl (C=O) groups is 2. The molecule has 2 aliphatic rings. The maximum Gasteiger partial charge on any atom is 0.463 e. The van der Waals surface area contributed by atoms with Crippen LogP contribution in [0.3, 0.4) is 0 Å². The van der Waals surface area contributed by atoms with Crippen molar-refractivity contribution in [3.8, 4) is 11.5 Å². The fraction of sp³-hybridized carbons (Fsp3) is 0.500. The molecule has 1 fully saturated rings. The molecule has 1 aliphatic heterocycles. The summed E-state index contributed by atoms with van der Waals surface area (Å²) < 4.78 is 124. The van der Waals surface area contributed by atoms with E-state index in [0.29, 0.717) is 0 Å². The van der Waals surface area contributed by atoms with E-state index >= 15 is 0 Å². The molecule has 16 heteroatoms. The van der Waals surface area contributed by atoms with Crippen molar-refractivity contribution in [3.63, 3.8) is 0 Å². The van der Waals surface area contributed by atoms with Crippen LogP contribution in [0.15, 0.2) is 22.6 Å². The molecule has 0 spiro atoms. The van der Waals surface area contributed by atoms with Gasteiger partial charge in [-0.2, -0.15) is 30.7 Å². The minimum atomic E-state index is -6.31. The summed E-state index contributed by atoms with van der Waals surface area (Å²) in [5, 5.41) is 7.72. The minimum absolute atomic E-state index is 0.0481. The molecule has 2 heterocycles. The number of nitrogens with one attached hydrogen (secondary N) is 1. The number of fused-ring (bicyclic) bond motifs is 1. The van der Waals surface area contributed by atoms with Crippen LogP contribution in [0.5, 0.6) is 0 Å². The van der Waals surface area contributed by atoms with Gasteiger partial charge < -0.3 is 14.6 Å². The molecule has 2 amide bonds. The monoisotopic (exact) mass is 530 g/mol. The number of amides is 2. The van der Waals surface area contributed by atoms with Gasteiger partial charge in [-0.1, -0.05) is 6.07 Å². The average molecular weight is 530 g/mol. The normalized spacial score (nSPS) is 22.2. The molecular formula is C20H15F9N4O3. The number of nitrogens with zero attached hydrogens (tertiary/aromatic N) is 3. The highest BCUT2D eigenvalue weighted by molar-refractivity contribution is 5.99. The molecule has 0 unspecified atom stereocenters. The Hall–Kier alpha value is -3.33. The van der Waals surface area contributed by atoms with Gasteiger partial charge in [0, 0.05) is 24.1 Å². The van der Waals surface area contributed by atoms with Gasteiger partial charge in [-0.05, 0) is 30.5 Å². The second-order valence-electron chi connectivity index (χ2n) is 8.30. The van der Waals surface area contributed by atoms with Crippen LogP contribution < -0.4 is 5.32 Å². The summed E-state index contributed by atoms with van der Waals surface area (Å²) in [6, 6.07) is -0.279. The first-order chi connectivity index (χ1) is 16.6. The quantitative estimate of drug-likeness (QED) is 0.576. The summed E-state index contributed by atoms with van der Waals surface area (Å²) in [4.78, 5) is 25.6. The van der Waals surface area contributed by atoms with Crippen LogP contribution in [-0.2, 0) is 11.3 Å². The van der Waals surface area contributed by atoms with E-state index in [1.807, 2.05) is 0 Å². The maximum absolute atomic E-state index is 14.7. The first-order valence-electron chi connectivity index (χ1n) is 10.3. The maximum atomic E-state index is 14.7. The Bertz CT molecular complexity index is 1180. The van der Waals surface area contributed by atoms with Gasteiger partial charge in [-0.25, -0.2) is 8.78 Å². The van der Waals surface area contributed by atoms with E-state index in [4.69, 9.17) is 4.42 Å². The Balaban J connectivity index is 1.61. The van der Waals surface area contributed by atoms with Crippen molar-refractivity contribution >= 4 is 11.8 Å². The molecule has 0 bridgehead atoms. The molecule has 0 radical (unpaired) electrons. The molecule has 4 rings (SSSR count). The molecule has 196 valence electrons. The number of hydrogen-bond donors (Lipinski definition) is 1. The lowest BCUT2D eigenvalue weighted by Crippen LogP contribution is -2.65. The van der Waals surface area contributed by atoms with Crippen molar-refractivity contribution in [2.75, 3.05) is 0 Å². The lowest BCUT2D eigenvalue weighted by atomic mass is 9.85. The van der Waals surface area contributed by atoms with Gasteiger partial charge in [0.1, 0.15) is 6.04 Å². The van der Waals surface area contributed by atoms with E-state index in [9.17, 15) is 49.1 Å². The molecule has 1 aliphatic carbocycles. The highest BCUT2D eigenvalue weighted by Crippen LogP contribution is 2.41. The first kappa shape index (κ1) is 25.8. The molecule has 0 saturated heterocycles. The number of alkyl halides is 9. The van der Waals surface area contributed by atoms with Crippen LogP contribution in [0.1, 0.15) is 47.5 Å². The number of aromatic nitrogens is 2. The van der Waals surface area contributed by atoms with Crippen LogP contribution >= 0.6 is 0 Å². The predicted molar refractivity (Wildman–Crippen MR) is 100 cm³/mol. The Morgan fingerprint density at radius 1 is 1.17 bits per heavy atom. The van der Waals surface area contributed by atoms with E-state index < -0.39 is 60.7 Å². The van der Waals surface area contributed by atoms with Gasteiger partial charge in [0.2, 0.25) is 5.89 Å². The van der Waals surface area contributed by atoms with Crippen molar-refractivity contribution in [2.24, 2.45) is 0 Å². The van der Waals surface area contributed by atoms with Gasteiger partial charge in [0.15, 0.2) is 0 Å². The SMILES string of the molecule is O=C1c2cc(-c3nnc(C(F)F)o3)ccc2CN1[C@@H]1CCCC(F)(F)[C@@H]1NC(=O)C(F)(F)C(F)(F)F.